The Morgan fingerprint density at radius 2 is 2.19 bits per heavy atom. The van der Waals surface area contributed by atoms with Gasteiger partial charge < -0.3 is 15.0 Å². The molecular formula is C15H18N4O2. The normalized spacial score (nSPS) is 17.7. The molecule has 2 N–H and O–H groups in total. The van der Waals surface area contributed by atoms with Gasteiger partial charge in [0.15, 0.2) is 0 Å². The summed E-state index contributed by atoms with van der Waals surface area (Å²) in [6.45, 7) is 1.29. The number of carbonyl (C=O) groups excluding carboxylic acids is 1. The van der Waals surface area contributed by atoms with E-state index in [0.717, 1.165) is 12.8 Å². The molecule has 0 radical (unpaired) electrons. The molecular weight excluding hydrogens is 268 g/mol. The molecule has 1 aliphatic rings. The van der Waals surface area contributed by atoms with E-state index >= 15 is 0 Å². The zero-order valence-corrected chi connectivity index (χ0v) is 11.6. The van der Waals surface area contributed by atoms with E-state index in [1.807, 2.05) is 18.2 Å². The fraction of sp³-hybridized carbons (Fsp3) is 0.400. The average molecular weight is 286 g/mol. The molecule has 0 aromatic carbocycles. The van der Waals surface area contributed by atoms with Gasteiger partial charge >= 0.3 is 0 Å². The number of nitrogens with zero attached hydrogens (tertiary/aromatic N) is 3. The smallest absolute Gasteiger partial charge is 0.271 e. The predicted molar refractivity (Wildman–Crippen MR) is 76.4 cm³/mol. The number of aliphatic hydroxyl groups is 1. The molecule has 0 aliphatic carbocycles. The Bertz CT molecular complexity index is 577. The first kappa shape index (κ1) is 13.8. The zero-order chi connectivity index (χ0) is 14.7. The Labute approximate surface area is 122 Å². The summed E-state index contributed by atoms with van der Waals surface area (Å²) >= 11 is 0. The highest BCUT2D eigenvalue weighted by molar-refractivity contribution is 5.92. The molecule has 6 nitrogen and oxygen atoms in total. The highest BCUT2D eigenvalue weighted by Crippen LogP contribution is 2.29. The molecule has 6 heteroatoms. The summed E-state index contributed by atoms with van der Waals surface area (Å²) in [5.74, 6) is 0.115. The van der Waals surface area contributed by atoms with Gasteiger partial charge in [0.1, 0.15) is 5.69 Å². The number of imidazole rings is 1. The minimum Gasteiger partial charge on any atom is -0.387 e. The number of piperidine rings is 1. The molecule has 1 aliphatic heterocycles. The van der Waals surface area contributed by atoms with Gasteiger partial charge in [0.25, 0.3) is 5.91 Å². The lowest BCUT2D eigenvalue weighted by atomic mass is 9.89. The van der Waals surface area contributed by atoms with Gasteiger partial charge in [-0.15, -0.1) is 0 Å². The average Bonchev–Trinajstić information content (AvgIpc) is 3.09. The van der Waals surface area contributed by atoms with E-state index in [1.165, 1.54) is 12.5 Å². The number of pyridine rings is 1. The fourth-order valence-corrected chi connectivity index (χ4v) is 2.75. The Kier molecular flexibility index (Phi) is 3.96. The number of aromatic amines is 1. The molecule has 1 amide bonds. The van der Waals surface area contributed by atoms with E-state index < -0.39 is 6.10 Å². The topological polar surface area (TPSA) is 82.1 Å². The van der Waals surface area contributed by atoms with Crippen LogP contribution < -0.4 is 0 Å². The summed E-state index contributed by atoms with van der Waals surface area (Å²) in [4.78, 5) is 24.9. The molecule has 21 heavy (non-hydrogen) atoms. The second-order valence-electron chi connectivity index (χ2n) is 5.29. The van der Waals surface area contributed by atoms with Gasteiger partial charge in [-0.3, -0.25) is 9.78 Å². The number of aromatic nitrogens is 3. The van der Waals surface area contributed by atoms with Crippen LogP contribution in [-0.2, 0) is 0 Å². The predicted octanol–water partition coefficient (Wildman–Crippen LogP) is 1.39. The van der Waals surface area contributed by atoms with Crippen LogP contribution in [0.15, 0.2) is 36.9 Å². The van der Waals surface area contributed by atoms with Crippen LogP contribution in [0.25, 0.3) is 0 Å². The van der Waals surface area contributed by atoms with Crippen LogP contribution in [0.4, 0.5) is 0 Å². The number of nitrogens with one attached hydrogen (secondary N) is 1. The maximum atomic E-state index is 12.2. The van der Waals surface area contributed by atoms with Crippen LogP contribution in [0.3, 0.4) is 0 Å². The van der Waals surface area contributed by atoms with Crippen molar-refractivity contribution in [2.24, 2.45) is 5.92 Å². The standard InChI is InChI=1S/C15H18N4O2/c20-14(12-3-1-2-6-17-12)11-4-7-19(8-5-11)15(21)13-9-16-10-18-13/h1-3,6,9-11,14,20H,4-5,7-8H2,(H,16,18). The van der Waals surface area contributed by atoms with E-state index in [-0.39, 0.29) is 11.8 Å². The van der Waals surface area contributed by atoms with E-state index in [0.29, 0.717) is 24.5 Å². The van der Waals surface area contributed by atoms with Gasteiger partial charge in [0, 0.05) is 19.3 Å². The number of likely N-dealkylation sites (tertiary alicyclic amines) is 1. The van der Waals surface area contributed by atoms with Gasteiger partial charge in [-0.05, 0) is 30.9 Å². The number of rotatable bonds is 3. The van der Waals surface area contributed by atoms with E-state index in [4.69, 9.17) is 0 Å². The minimum absolute atomic E-state index is 0.0294. The van der Waals surface area contributed by atoms with Gasteiger partial charge in [0.05, 0.1) is 24.3 Å². The molecule has 0 saturated carbocycles. The summed E-state index contributed by atoms with van der Waals surface area (Å²) in [6, 6.07) is 5.55. The number of carbonyl (C=O) groups is 1. The SMILES string of the molecule is O=C(c1cnc[nH]1)N1CCC(C(O)c2ccccn2)CC1. The van der Waals surface area contributed by atoms with Crippen LogP contribution in [-0.4, -0.2) is 44.0 Å². The molecule has 1 atom stereocenters. The maximum Gasteiger partial charge on any atom is 0.271 e. The quantitative estimate of drug-likeness (QED) is 0.893. The largest absolute Gasteiger partial charge is 0.387 e. The van der Waals surface area contributed by atoms with Gasteiger partial charge in [-0.1, -0.05) is 6.07 Å². The monoisotopic (exact) mass is 286 g/mol. The lowest BCUT2D eigenvalue weighted by Gasteiger charge is -2.33. The van der Waals surface area contributed by atoms with Crippen molar-refractivity contribution in [3.05, 3.63) is 48.3 Å². The van der Waals surface area contributed by atoms with Gasteiger partial charge in [-0.2, -0.15) is 0 Å². The number of amides is 1. The lowest BCUT2D eigenvalue weighted by molar-refractivity contribution is 0.0444. The van der Waals surface area contributed by atoms with E-state index in [1.54, 1.807) is 11.1 Å². The highest BCUT2D eigenvalue weighted by Gasteiger charge is 2.29. The molecule has 2 aromatic heterocycles. The Hall–Kier alpha value is -2.21. The molecule has 0 spiro atoms. The van der Waals surface area contributed by atoms with Crippen molar-refractivity contribution in [1.82, 2.24) is 19.9 Å². The van der Waals surface area contributed by atoms with Crippen LogP contribution in [0, 0.1) is 5.92 Å². The van der Waals surface area contributed by atoms with Crippen LogP contribution in [0.5, 0.6) is 0 Å². The molecule has 0 bridgehead atoms. The minimum atomic E-state index is -0.560. The first-order valence-electron chi connectivity index (χ1n) is 7.12. The summed E-state index contributed by atoms with van der Waals surface area (Å²) < 4.78 is 0. The van der Waals surface area contributed by atoms with Crippen molar-refractivity contribution in [1.29, 1.82) is 0 Å². The van der Waals surface area contributed by atoms with Crippen molar-refractivity contribution in [2.75, 3.05) is 13.1 Å². The number of H-pyrrole nitrogens is 1. The second kappa shape index (κ2) is 6.05. The van der Waals surface area contributed by atoms with Crippen molar-refractivity contribution >= 4 is 5.91 Å². The Balaban J connectivity index is 1.59. The third kappa shape index (κ3) is 2.95. The molecule has 1 saturated heterocycles. The summed E-state index contributed by atoms with van der Waals surface area (Å²) in [7, 11) is 0. The Morgan fingerprint density at radius 3 is 2.81 bits per heavy atom. The molecule has 3 heterocycles. The first-order valence-corrected chi connectivity index (χ1v) is 7.12. The van der Waals surface area contributed by atoms with Crippen molar-refractivity contribution in [2.45, 2.75) is 18.9 Å². The second-order valence-corrected chi connectivity index (χ2v) is 5.29. The fourth-order valence-electron chi connectivity index (χ4n) is 2.75. The van der Waals surface area contributed by atoms with Gasteiger partial charge in [0.2, 0.25) is 0 Å². The van der Waals surface area contributed by atoms with Gasteiger partial charge in [-0.25, -0.2) is 4.98 Å². The van der Waals surface area contributed by atoms with Crippen LogP contribution in [0.1, 0.15) is 35.1 Å². The molecule has 2 aromatic rings. The van der Waals surface area contributed by atoms with Crippen molar-refractivity contribution < 1.29 is 9.90 Å². The van der Waals surface area contributed by atoms with Crippen LogP contribution >= 0.6 is 0 Å². The van der Waals surface area contributed by atoms with E-state index in [2.05, 4.69) is 15.0 Å². The maximum absolute atomic E-state index is 12.2. The number of hydrogen-bond donors (Lipinski definition) is 2. The Morgan fingerprint density at radius 1 is 1.38 bits per heavy atom. The summed E-state index contributed by atoms with van der Waals surface area (Å²) in [5, 5.41) is 10.4. The van der Waals surface area contributed by atoms with E-state index in [9.17, 15) is 9.90 Å². The zero-order valence-electron chi connectivity index (χ0n) is 11.6. The molecule has 110 valence electrons. The van der Waals surface area contributed by atoms with Crippen molar-refractivity contribution in [3.8, 4) is 0 Å². The third-order valence-electron chi connectivity index (χ3n) is 3.99. The summed E-state index contributed by atoms with van der Waals surface area (Å²) in [6.07, 6.45) is 5.72. The summed E-state index contributed by atoms with van der Waals surface area (Å²) in [5.41, 5.74) is 1.22. The lowest BCUT2D eigenvalue weighted by Crippen LogP contribution is -2.40. The first-order chi connectivity index (χ1) is 10.3. The highest BCUT2D eigenvalue weighted by atomic mass is 16.3. The molecule has 3 rings (SSSR count). The third-order valence-corrected chi connectivity index (χ3v) is 3.99. The van der Waals surface area contributed by atoms with Crippen LogP contribution in [0.2, 0.25) is 0 Å². The number of hydrogen-bond acceptors (Lipinski definition) is 4. The molecule has 1 fully saturated rings. The van der Waals surface area contributed by atoms with Crippen molar-refractivity contribution in [3.63, 3.8) is 0 Å². The molecule has 1 unspecified atom stereocenters. The number of aliphatic hydroxyl groups excluding tert-OH is 1.